The molecule has 1 aromatic rings. The Morgan fingerprint density at radius 2 is 2.25 bits per heavy atom. The summed E-state index contributed by atoms with van der Waals surface area (Å²) in [6.07, 6.45) is 0. The predicted molar refractivity (Wildman–Crippen MR) is 68.5 cm³/mol. The second-order valence-corrected chi connectivity index (χ2v) is 4.62. The van der Waals surface area contributed by atoms with Gasteiger partial charge in [0.05, 0.1) is 13.0 Å². The molecule has 0 radical (unpaired) electrons. The van der Waals surface area contributed by atoms with Crippen molar-refractivity contribution in [2.24, 2.45) is 5.92 Å². The van der Waals surface area contributed by atoms with Crippen molar-refractivity contribution < 1.29 is 9.53 Å². The van der Waals surface area contributed by atoms with Crippen molar-refractivity contribution in [1.29, 1.82) is 0 Å². The second kappa shape index (κ2) is 5.89. The van der Waals surface area contributed by atoms with Gasteiger partial charge in [-0.05, 0) is 30.7 Å². The van der Waals surface area contributed by atoms with E-state index in [-0.39, 0.29) is 11.9 Å². The topological polar surface area (TPSA) is 38.3 Å². The fourth-order valence-electron chi connectivity index (χ4n) is 1.31. The van der Waals surface area contributed by atoms with E-state index in [0.717, 1.165) is 15.7 Å². The van der Waals surface area contributed by atoms with Crippen LogP contribution in [0.5, 0.6) is 0 Å². The fraction of sp³-hybridized carbons (Fsp3) is 0.417. The van der Waals surface area contributed by atoms with Crippen LogP contribution in [0.1, 0.15) is 12.5 Å². The first-order chi connectivity index (χ1) is 7.54. The van der Waals surface area contributed by atoms with Crippen LogP contribution in [-0.4, -0.2) is 19.6 Å². The lowest BCUT2D eigenvalue weighted by atomic mass is 10.1. The number of methoxy groups -OCH3 is 1. The molecule has 4 heteroatoms. The van der Waals surface area contributed by atoms with Gasteiger partial charge in [0, 0.05) is 16.7 Å². The summed E-state index contributed by atoms with van der Waals surface area (Å²) >= 11 is 3.44. The van der Waals surface area contributed by atoms with Gasteiger partial charge in [-0.3, -0.25) is 4.79 Å². The number of nitrogens with one attached hydrogen (secondary N) is 1. The van der Waals surface area contributed by atoms with Crippen LogP contribution in [0.15, 0.2) is 22.7 Å². The number of hydrogen-bond donors (Lipinski definition) is 1. The number of halogens is 1. The number of anilines is 1. The lowest BCUT2D eigenvalue weighted by molar-refractivity contribution is -0.144. The molecule has 0 bridgehead atoms. The highest BCUT2D eigenvalue weighted by molar-refractivity contribution is 9.10. The maximum Gasteiger partial charge on any atom is 0.310 e. The van der Waals surface area contributed by atoms with Crippen LogP contribution in [0.4, 0.5) is 5.69 Å². The Morgan fingerprint density at radius 3 is 2.81 bits per heavy atom. The van der Waals surface area contributed by atoms with E-state index in [4.69, 9.17) is 0 Å². The average Bonchev–Trinajstić information content (AvgIpc) is 2.29. The molecule has 0 heterocycles. The van der Waals surface area contributed by atoms with Crippen LogP contribution in [0.25, 0.3) is 0 Å². The second-order valence-electron chi connectivity index (χ2n) is 3.77. The molecule has 0 fully saturated rings. The first-order valence-corrected chi connectivity index (χ1v) is 5.91. The third-order valence-electron chi connectivity index (χ3n) is 2.37. The van der Waals surface area contributed by atoms with Gasteiger partial charge in [0.2, 0.25) is 0 Å². The highest BCUT2D eigenvalue weighted by atomic mass is 79.9. The monoisotopic (exact) mass is 285 g/mol. The molecule has 1 aromatic carbocycles. The summed E-state index contributed by atoms with van der Waals surface area (Å²) in [4.78, 5) is 11.2. The van der Waals surface area contributed by atoms with Gasteiger partial charge in [0.25, 0.3) is 0 Å². The van der Waals surface area contributed by atoms with Gasteiger partial charge in [-0.1, -0.05) is 22.9 Å². The Kier molecular flexibility index (Phi) is 4.80. The SMILES string of the molecule is COC(=O)C(C)CNc1ccc(Br)c(C)c1. The van der Waals surface area contributed by atoms with E-state index in [1.54, 1.807) is 0 Å². The number of hydrogen-bond acceptors (Lipinski definition) is 3. The van der Waals surface area contributed by atoms with Gasteiger partial charge in [0.1, 0.15) is 0 Å². The van der Waals surface area contributed by atoms with Crippen LogP contribution in [0.2, 0.25) is 0 Å². The van der Waals surface area contributed by atoms with Crippen LogP contribution in [0.3, 0.4) is 0 Å². The normalized spacial score (nSPS) is 12.0. The highest BCUT2D eigenvalue weighted by Crippen LogP contribution is 2.20. The number of carbonyl (C=O) groups excluding carboxylic acids is 1. The number of ether oxygens (including phenoxy) is 1. The molecular weight excluding hydrogens is 270 g/mol. The Labute approximate surface area is 104 Å². The minimum Gasteiger partial charge on any atom is -0.469 e. The number of esters is 1. The smallest absolute Gasteiger partial charge is 0.310 e. The van der Waals surface area contributed by atoms with Gasteiger partial charge in [-0.15, -0.1) is 0 Å². The molecule has 16 heavy (non-hydrogen) atoms. The Morgan fingerprint density at radius 1 is 1.56 bits per heavy atom. The molecule has 0 aliphatic rings. The molecule has 0 amide bonds. The average molecular weight is 286 g/mol. The van der Waals surface area contributed by atoms with Crippen LogP contribution in [-0.2, 0) is 9.53 Å². The lowest BCUT2D eigenvalue weighted by Crippen LogP contribution is -2.21. The number of benzene rings is 1. The summed E-state index contributed by atoms with van der Waals surface area (Å²) in [5, 5.41) is 3.21. The molecule has 1 N–H and O–H groups in total. The number of aryl methyl sites for hydroxylation is 1. The number of carbonyl (C=O) groups is 1. The van der Waals surface area contributed by atoms with Crippen molar-refractivity contribution >= 4 is 27.6 Å². The molecule has 0 aromatic heterocycles. The first kappa shape index (κ1) is 13.0. The molecular formula is C12H16BrNO2. The molecule has 3 nitrogen and oxygen atoms in total. The summed E-state index contributed by atoms with van der Waals surface area (Å²) in [7, 11) is 1.41. The van der Waals surface area contributed by atoms with E-state index in [9.17, 15) is 4.79 Å². The predicted octanol–water partition coefficient (Wildman–Crippen LogP) is 2.98. The third kappa shape index (κ3) is 3.52. The zero-order valence-electron chi connectivity index (χ0n) is 9.71. The summed E-state index contributed by atoms with van der Waals surface area (Å²) < 4.78 is 5.74. The van der Waals surface area contributed by atoms with Gasteiger partial charge in [-0.25, -0.2) is 0 Å². The molecule has 0 aliphatic heterocycles. The molecule has 88 valence electrons. The van der Waals surface area contributed by atoms with Gasteiger partial charge < -0.3 is 10.1 Å². The van der Waals surface area contributed by atoms with Crippen LogP contribution >= 0.6 is 15.9 Å². The van der Waals surface area contributed by atoms with Gasteiger partial charge in [-0.2, -0.15) is 0 Å². The third-order valence-corrected chi connectivity index (χ3v) is 3.26. The van der Waals surface area contributed by atoms with Crippen LogP contribution in [0, 0.1) is 12.8 Å². The van der Waals surface area contributed by atoms with Crippen LogP contribution < -0.4 is 5.32 Å². The maximum absolute atomic E-state index is 11.2. The molecule has 0 saturated heterocycles. The fourth-order valence-corrected chi connectivity index (χ4v) is 1.56. The van der Waals surface area contributed by atoms with Crippen molar-refractivity contribution in [3.8, 4) is 0 Å². The first-order valence-electron chi connectivity index (χ1n) is 5.12. The lowest BCUT2D eigenvalue weighted by Gasteiger charge is -2.12. The maximum atomic E-state index is 11.2. The number of rotatable bonds is 4. The van der Waals surface area contributed by atoms with Gasteiger partial charge in [0.15, 0.2) is 0 Å². The Bertz CT molecular complexity index is 379. The van der Waals surface area contributed by atoms with E-state index in [1.807, 2.05) is 32.0 Å². The molecule has 1 unspecified atom stereocenters. The van der Waals surface area contributed by atoms with E-state index >= 15 is 0 Å². The summed E-state index contributed by atoms with van der Waals surface area (Å²) in [6.45, 7) is 4.44. The quantitative estimate of drug-likeness (QED) is 0.865. The Hall–Kier alpha value is -1.03. The zero-order valence-corrected chi connectivity index (χ0v) is 11.3. The van der Waals surface area contributed by atoms with Crippen molar-refractivity contribution in [1.82, 2.24) is 0 Å². The minimum atomic E-state index is -0.193. The van der Waals surface area contributed by atoms with E-state index in [2.05, 4.69) is 26.0 Å². The van der Waals surface area contributed by atoms with Crippen molar-refractivity contribution in [2.45, 2.75) is 13.8 Å². The van der Waals surface area contributed by atoms with E-state index in [1.165, 1.54) is 7.11 Å². The minimum absolute atomic E-state index is 0.144. The van der Waals surface area contributed by atoms with E-state index in [0.29, 0.717) is 6.54 Å². The zero-order chi connectivity index (χ0) is 12.1. The molecule has 0 spiro atoms. The molecule has 0 saturated carbocycles. The summed E-state index contributed by atoms with van der Waals surface area (Å²) in [5.41, 5.74) is 2.17. The Balaban J connectivity index is 2.55. The van der Waals surface area contributed by atoms with Gasteiger partial charge >= 0.3 is 5.97 Å². The molecule has 0 aliphatic carbocycles. The molecule has 1 rings (SSSR count). The molecule has 1 atom stereocenters. The largest absolute Gasteiger partial charge is 0.469 e. The summed E-state index contributed by atoms with van der Waals surface area (Å²) in [6, 6.07) is 6.00. The van der Waals surface area contributed by atoms with Crippen molar-refractivity contribution in [3.05, 3.63) is 28.2 Å². The van der Waals surface area contributed by atoms with E-state index < -0.39 is 0 Å². The van der Waals surface area contributed by atoms with Crippen molar-refractivity contribution in [2.75, 3.05) is 19.0 Å². The standard InChI is InChI=1S/C12H16BrNO2/c1-8-6-10(4-5-11(8)13)14-7-9(2)12(15)16-3/h4-6,9,14H,7H2,1-3H3. The van der Waals surface area contributed by atoms with Crippen molar-refractivity contribution in [3.63, 3.8) is 0 Å². The highest BCUT2D eigenvalue weighted by Gasteiger charge is 2.12. The summed E-state index contributed by atoms with van der Waals surface area (Å²) in [5.74, 6) is -0.338.